The number of hydrogen-bond donors (Lipinski definition) is 1. The first-order chi connectivity index (χ1) is 7.33. The maximum atomic E-state index is 4.52. The van der Waals surface area contributed by atoms with E-state index in [4.69, 9.17) is 0 Å². The standard InChI is InChI=1S/C10H18N4S/c1-3-9-12-10(15-13-9)14-5-4-8(7-14)6-11-2/h8,11H,3-7H2,1-2H3. The molecule has 2 rings (SSSR count). The van der Waals surface area contributed by atoms with Crippen LogP contribution in [0.5, 0.6) is 0 Å². The maximum absolute atomic E-state index is 4.52. The smallest absolute Gasteiger partial charge is 0.205 e. The van der Waals surface area contributed by atoms with Gasteiger partial charge < -0.3 is 10.2 Å². The van der Waals surface area contributed by atoms with E-state index < -0.39 is 0 Å². The molecule has 5 heteroatoms. The predicted octanol–water partition coefficient (Wildman–Crippen LogP) is 1.15. The SMILES string of the molecule is CCc1nsc(N2CCC(CNC)C2)n1. The number of nitrogens with zero attached hydrogens (tertiary/aromatic N) is 3. The van der Waals surface area contributed by atoms with Crippen molar-refractivity contribution < 1.29 is 0 Å². The first kappa shape index (κ1) is 10.8. The zero-order valence-corrected chi connectivity index (χ0v) is 10.2. The number of rotatable bonds is 4. The summed E-state index contributed by atoms with van der Waals surface area (Å²) < 4.78 is 4.32. The van der Waals surface area contributed by atoms with Crippen molar-refractivity contribution in [2.24, 2.45) is 5.92 Å². The van der Waals surface area contributed by atoms with E-state index in [1.165, 1.54) is 18.0 Å². The molecule has 1 fully saturated rings. The first-order valence-corrected chi connectivity index (χ1v) is 6.33. The van der Waals surface area contributed by atoms with Gasteiger partial charge in [0.25, 0.3) is 0 Å². The summed E-state index contributed by atoms with van der Waals surface area (Å²) in [6.07, 6.45) is 2.20. The van der Waals surface area contributed by atoms with Crippen LogP contribution in [0.3, 0.4) is 0 Å². The van der Waals surface area contributed by atoms with Gasteiger partial charge in [0.1, 0.15) is 5.82 Å². The molecule has 1 aromatic heterocycles. The Hall–Kier alpha value is -0.680. The van der Waals surface area contributed by atoms with Crippen molar-refractivity contribution in [1.29, 1.82) is 0 Å². The van der Waals surface area contributed by atoms with E-state index in [1.54, 1.807) is 0 Å². The normalized spacial score (nSPS) is 21.2. The lowest BCUT2D eigenvalue weighted by atomic mass is 10.1. The number of aryl methyl sites for hydroxylation is 1. The Morgan fingerprint density at radius 2 is 2.47 bits per heavy atom. The van der Waals surface area contributed by atoms with Crippen LogP contribution >= 0.6 is 11.5 Å². The monoisotopic (exact) mass is 226 g/mol. The summed E-state index contributed by atoms with van der Waals surface area (Å²) in [5.41, 5.74) is 0. The van der Waals surface area contributed by atoms with E-state index in [1.807, 2.05) is 7.05 Å². The van der Waals surface area contributed by atoms with Gasteiger partial charge in [0.15, 0.2) is 0 Å². The third-order valence-electron chi connectivity index (χ3n) is 2.82. The van der Waals surface area contributed by atoms with E-state index in [2.05, 4.69) is 26.5 Å². The average Bonchev–Trinajstić information content (AvgIpc) is 2.85. The van der Waals surface area contributed by atoms with Crippen molar-refractivity contribution in [3.8, 4) is 0 Å². The zero-order valence-electron chi connectivity index (χ0n) is 9.36. The molecule has 0 amide bonds. The number of anilines is 1. The van der Waals surface area contributed by atoms with Crippen LogP contribution in [-0.2, 0) is 6.42 Å². The topological polar surface area (TPSA) is 41.1 Å². The molecule has 2 heterocycles. The second-order valence-electron chi connectivity index (χ2n) is 4.01. The average molecular weight is 226 g/mol. The van der Waals surface area contributed by atoms with E-state index in [9.17, 15) is 0 Å². The van der Waals surface area contributed by atoms with E-state index in [0.717, 1.165) is 42.9 Å². The Balaban J connectivity index is 1.95. The number of hydrogen-bond acceptors (Lipinski definition) is 5. The molecular formula is C10H18N4S. The molecule has 1 aliphatic heterocycles. The van der Waals surface area contributed by atoms with Gasteiger partial charge in [0.05, 0.1) is 0 Å². The second kappa shape index (κ2) is 4.90. The fourth-order valence-electron chi connectivity index (χ4n) is 1.98. The quantitative estimate of drug-likeness (QED) is 0.836. The Labute approximate surface area is 94.9 Å². The van der Waals surface area contributed by atoms with E-state index in [0.29, 0.717) is 0 Å². The lowest BCUT2D eigenvalue weighted by Gasteiger charge is -2.13. The van der Waals surface area contributed by atoms with Crippen LogP contribution in [0.1, 0.15) is 19.2 Å². The fraction of sp³-hybridized carbons (Fsp3) is 0.800. The first-order valence-electron chi connectivity index (χ1n) is 5.55. The van der Waals surface area contributed by atoms with Crippen LogP contribution < -0.4 is 10.2 Å². The van der Waals surface area contributed by atoms with Gasteiger partial charge in [-0.3, -0.25) is 0 Å². The van der Waals surface area contributed by atoms with Gasteiger partial charge in [0, 0.05) is 31.0 Å². The fourth-order valence-corrected chi connectivity index (χ4v) is 2.76. The minimum absolute atomic E-state index is 0.768. The molecule has 1 atom stereocenters. The Morgan fingerprint density at radius 3 is 3.13 bits per heavy atom. The van der Waals surface area contributed by atoms with Crippen molar-refractivity contribution >= 4 is 16.7 Å². The molecular weight excluding hydrogens is 208 g/mol. The predicted molar refractivity (Wildman–Crippen MR) is 63.5 cm³/mol. The summed E-state index contributed by atoms with van der Waals surface area (Å²) in [7, 11) is 2.02. The van der Waals surface area contributed by atoms with Gasteiger partial charge >= 0.3 is 0 Å². The van der Waals surface area contributed by atoms with Gasteiger partial charge in [-0.25, -0.2) is 4.98 Å². The Morgan fingerprint density at radius 1 is 1.60 bits per heavy atom. The van der Waals surface area contributed by atoms with Crippen molar-refractivity contribution in [2.45, 2.75) is 19.8 Å². The van der Waals surface area contributed by atoms with E-state index in [-0.39, 0.29) is 0 Å². The minimum Gasteiger partial charge on any atom is -0.347 e. The molecule has 0 radical (unpaired) electrons. The third-order valence-corrected chi connectivity index (χ3v) is 3.64. The molecule has 1 N–H and O–H groups in total. The van der Waals surface area contributed by atoms with Gasteiger partial charge in [0.2, 0.25) is 5.13 Å². The molecule has 1 aromatic rings. The molecule has 1 aliphatic rings. The van der Waals surface area contributed by atoms with Crippen LogP contribution in [0, 0.1) is 5.92 Å². The minimum atomic E-state index is 0.768. The molecule has 15 heavy (non-hydrogen) atoms. The van der Waals surface area contributed by atoms with E-state index >= 15 is 0 Å². The van der Waals surface area contributed by atoms with Crippen molar-refractivity contribution in [1.82, 2.24) is 14.7 Å². The molecule has 1 saturated heterocycles. The third kappa shape index (κ3) is 2.46. The van der Waals surface area contributed by atoms with Gasteiger partial charge in [-0.05, 0) is 25.9 Å². The van der Waals surface area contributed by atoms with Crippen molar-refractivity contribution in [3.05, 3.63) is 5.82 Å². The molecule has 0 aromatic carbocycles. The summed E-state index contributed by atoms with van der Waals surface area (Å²) >= 11 is 1.54. The van der Waals surface area contributed by atoms with Crippen LogP contribution in [0.25, 0.3) is 0 Å². The highest BCUT2D eigenvalue weighted by Gasteiger charge is 2.24. The highest BCUT2D eigenvalue weighted by molar-refractivity contribution is 7.09. The van der Waals surface area contributed by atoms with Gasteiger partial charge in [-0.1, -0.05) is 6.92 Å². The maximum Gasteiger partial charge on any atom is 0.205 e. The largest absolute Gasteiger partial charge is 0.347 e. The molecule has 0 bridgehead atoms. The van der Waals surface area contributed by atoms with Gasteiger partial charge in [-0.2, -0.15) is 4.37 Å². The van der Waals surface area contributed by atoms with Crippen LogP contribution in [-0.4, -0.2) is 36.0 Å². The van der Waals surface area contributed by atoms with Crippen LogP contribution in [0.15, 0.2) is 0 Å². The van der Waals surface area contributed by atoms with Crippen molar-refractivity contribution in [3.63, 3.8) is 0 Å². The number of aromatic nitrogens is 2. The molecule has 0 saturated carbocycles. The summed E-state index contributed by atoms with van der Waals surface area (Å²) in [4.78, 5) is 6.88. The molecule has 0 spiro atoms. The highest BCUT2D eigenvalue weighted by Crippen LogP contribution is 2.24. The summed E-state index contributed by atoms with van der Waals surface area (Å²) in [6.45, 7) is 5.46. The molecule has 84 valence electrons. The second-order valence-corrected chi connectivity index (χ2v) is 4.74. The molecule has 0 aliphatic carbocycles. The number of nitrogens with one attached hydrogen (secondary N) is 1. The Kier molecular flexibility index (Phi) is 3.53. The van der Waals surface area contributed by atoms with Gasteiger partial charge in [-0.15, -0.1) is 0 Å². The molecule has 1 unspecified atom stereocenters. The Bertz CT molecular complexity index is 312. The van der Waals surface area contributed by atoms with Crippen molar-refractivity contribution in [2.75, 3.05) is 31.6 Å². The van der Waals surface area contributed by atoms with Crippen LogP contribution in [0.4, 0.5) is 5.13 Å². The lowest BCUT2D eigenvalue weighted by Crippen LogP contribution is -2.24. The summed E-state index contributed by atoms with van der Waals surface area (Å²) in [5, 5.41) is 4.34. The molecule has 4 nitrogen and oxygen atoms in total. The zero-order chi connectivity index (χ0) is 10.7. The van der Waals surface area contributed by atoms with Crippen LogP contribution in [0.2, 0.25) is 0 Å². The lowest BCUT2D eigenvalue weighted by molar-refractivity contribution is 0.549. The summed E-state index contributed by atoms with van der Waals surface area (Å²) in [6, 6.07) is 0. The highest BCUT2D eigenvalue weighted by atomic mass is 32.1. The summed E-state index contributed by atoms with van der Waals surface area (Å²) in [5.74, 6) is 1.75.